The molecule has 1 aromatic heterocycles. The van der Waals surface area contributed by atoms with E-state index in [0.29, 0.717) is 0 Å². The van der Waals surface area contributed by atoms with E-state index in [1.807, 2.05) is 18.3 Å². The smallest absolute Gasteiger partial charge is 0.0713 e. The van der Waals surface area contributed by atoms with Gasteiger partial charge >= 0.3 is 0 Å². The van der Waals surface area contributed by atoms with Crippen molar-refractivity contribution in [1.82, 2.24) is 4.98 Å². The highest BCUT2D eigenvalue weighted by atomic mass is 14.8. The number of allylic oxidation sites excluding steroid dienone is 1. The molecule has 2 nitrogen and oxygen atoms in total. The number of benzene rings is 2. The molecule has 0 saturated carbocycles. The number of rotatable bonds is 0. The minimum atomic E-state index is 0.916. The van der Waals surface area contributed by atoms with E-state index < -0.39 is 0 Å². The Kier molecular flexibility index (Phi) is 2.03. The summed E-state index contributed by atoms with van der Waals surface area (Å²) in [4.78, 5) is 9.37. The van der Waals surface area contributed by atoms with Crippen LogP contribution in [0, 0.1) is 0 Å². The van der Waals surface area contributed by atoms with E-state index in [2.05, 4.69) is 47.5 Å². The van der Waals surface area contributed by atoms with E-state index in [4.69, 9.17) is 4.99 Å². The van der Waals surface area contributed by atoms with Crippen molar-refractivity contribution < 1.29 is 0 Å². The summed E-state index contributed by atoms with van der Waals surface area (Å²) in [5, 5.41) is 3.57. The fraction of sp³-hybridized carbons (Fsp3) is 0.0526. The van der Waals surface area contributed by atoms with Crippen molar-refractivity contribution in [2.45, 2.75) is 6.42 Å². The Labute approximate surface area is 121 Å². The Morgan fingerprint density at radius 3 is 2.76 bits per heavy atom. The first-order chi connectivity index (χ1) is 10.4. The second-order valence-corrected chi connectivity index (χ2v) is 5.53. The molecule has 0 N–H and O–H groups in total. The van der Waals surface area contributed by atoms with Crippen LogP contribution in [0.4, 0.5) is 0 Å². The largest absolute Gasteiger partial charge is 0.256 e. The standard InChI is InChI=1S/C19H12N2/c1-3-7-17-13(5-1)15-10-19-16(9-12(15)11-20-17)14-6-2-4-8-18(14)21-19/h1-8,10-11H,9H2. The highest BCUT2D eigenvalue weighted by Gasteiger charge is 2.21. The van der Waals surface area contributed by atoms with Gasteiger partial charge in [-0.05, 0) is 34.9 Å². The highest BCUT2D eigenvalue weighted by molar-refractivity contribution is 5.94. The topological polar surface area (TPSA) is 25.2 Å². The summed E-state index contributed by atoms with van der Waals surface area (Å²) in [6.07, 6.45) is 5.15. The van der Waals surface area contributed by atoms with Gasteiger partial charge in [-0.1, -0.05) is 36.4 Å². The molecule has 0 saturated heterocycles. The molecule has 2 aliphatic rings. The van der Waals surface area contributed by atoms with Crippen LogP contribution in [0.25, 0.3) is 22.6 Å². The maximum atomic E-state index is 4.78. The van der Waals surface area contributed by atoms with Gasteiger partial charge in [0.25, 0.3) is 0 Å². The Hall–Kier alpha value is -2.74. The van der Waals surface area contributed by atoms with Crippen LogP contribution < -0.4 is 10.6 Å². The number of hydrogen-bond donors (Lipinski definition) is 0. The fourth-order valence-electron chi connectivity index (χ4n) is 3.31. The molecule has 2 heteroatoms. The van der Waals surface area contributed by atoms with Gasteiger partial charge in [0.2, 0.25) is 0 Å². The summed E-state index contributed by atoms with van der Waals surface area (Å²) in [5.74, 6) is 0. The van der Waals surface area contributed by atoms with E-state index in [1.54, 1.807) is 0 Å². The average Bonchev–Trinajstić information content (AvgIpc) is 2.90. The van der Waals surface area contributed by atoms with E-state index >= 15 is 0 Å². The molecule has 0 bridgehead atoms. The third-order valence-corrected chi connectivity index (χ3v) is 4.33. The van der Waals surface area contributed by atoms with Gasteiger partial charge in [-0.3, -0.25) is 4.98 Å². The summed E-state index contributed by atoms with van der Waals surface area (Å²) >= 11 is 0. The van der Waals surface area contributed by atoms with Crippen molar-refractivity contribution in [2.75, 3.05) is 0 Å². The van der Waals surface area contributed by atoms with Gasteiger partial charge in [0.15, 0.2) is 0 Å². The molecule has 0 atom stereocenters. The van der Waals surface area contributed by atoms with E-state index in [-0.39, 0.29) is 0 Å². The van der Waals surface area contributed by atoms with Crippen LogP contribution in [0.2, 0.25) is 0 Å². The molecule has 0 unspecified atom stereocenters. The van der Waals surface area contributed by atoms with Crippen molar-refractivity contribution >= 4 is 22.6 Å². The van der Waals surface area contributed by atoms with E-state index in [1.165, 1.54) is 27.3 Å². The zero-order chi connectivity index (χ0) is 13.8. The van der Waals surface area contributed by atoms with Gasteiger partial charge in [0, 0.05) is 23.2 Å². The fourth-order valence-corrected chi connectivity index (χ4v) is 3.31. The van der Waals surface area contributed by atoms with Crippen LogP contribution in [0.1, 0.15) is 11.1 Å². The van der Waals surface area contributed by atoms with Gasteiger partial charge in [0.05, 0.1) is 16.6 Å². The van der Waals surface area contributed by atoms with Crippen molar-refractivity contribution in [1.29, 1.82) is 0 Å². The lowest BCUT2D eigenvalue weighted by atomic mass is 9.90. The van der Waals surface area contributed by atoms with Crippen molar-refractivity contribution in [2.24, 2.45) is 4.99 Å². The van der Waals surface area contributed by atoms with Crippen LogP contribution in [0.3, 0.4) is 0 Å². The minimum absolute atomic E-state index is 0.916. The first kappa shape index (κ1) is 11.0. The Bertz CT molecular complexity index is 1060. The minimum Gasteiger partial charge on any atom is -0.256 e. The quantitative estimate of drug-likeness (QED) is 0.615. The molecule has 21 heavy (non-hydrogen) atoms. The summed E-state index contributed by atoms with van der Waals surface area (Å²) in [6, 6.07) is 16.7. The van der Waals surface area contributed by atoms with Gasteiger partial charge in [0.1, 0.15) is 0 Å². The molecule has 2 aromatic carbocycles. The molecule has 0 fully saturated rings. The molecular weight excluding hydrogens is 256 g/mol. The second-order valence-electron chi connectivity index (χ2n) is 5.53. The van der Waals surface area contributed by atoms with Crippen molar-refractivity contribution in [3.8, 4) is 0 Å². The van der Waals surface area contributed by atoms with Crippen LogP contribution in [-0.4, -0.2) is 4.98 Å². The molecule has 1 aliphatic heterocycles. The molecule has 2 heterocycles. The van der Waals surface area contributed by atoms with Gasteiger partial charge < -0.3 is 0 Å². The summed E-state index contributed by atoms with van der Waals surface area (Å²) < 4.78 is 0. The highest BCUT2D eigenvalue weighted by Crippen LogP contribution is 2.33. The Balaban J connectivity index is 1.87. The van der Waals surface area contributed by atoms with E-state index in [9.17, 15) is 0 Å². The number of para-hydroxylation sites is 2. The number of fused-ring (bicyclic) bond motifs is 5. The molecule has 98 valence electrons. The molecule has 1 aliphatic carbocycles. The van der Waals surface area contributed by atoms with Crippen molar-refractivity contribution in [3.63, 3.8) is 0 Å². The molecule has 0 amide bonds. The number of pyridine rings is 1. The van der Waals surface area contributed by atoms with Crippen LogP contribution in [0.15, 0.2) is 65.4 Å². The van der Waals surface area contributed by atoms with Gasteiger partial charge in [-0.15, -0.1) is 0 Å². The molecule has 3 aromatic rings. The predicted molar refractivity (Wildman–Crippen MR) is 84.1 cm³/mol. The number of nitrogens with zero attached hydrogens (tertiary/aromatic N) is 2. The van der Waals surface area contributed by atoms with Gasteiger partial charge in [-0.2, -0.15) is 0 Å². The second kappa shape index (κ2) is 3.89. The van der Waals surface area contributed by atoms with Crippen LogP contribution in [-0.2, 0) is 6.42 Å². The number of hydrogen-bond acceptors (Lipinski definition) is 2. The predicted octanol–water partition coefficient (Wildman–Crippen LogP) is 2.62. The van der Waals surface area contributed by atoms with Gasteiger partial charge in [-0.25, -0.2) is 4.99 Å². The lowest BCUT2D eigenvalue weighted by molar-refractivity contribution is 1.19. The molecule has 5 rings (SSSR count). The first-order valence-corrected chi connectivity index (χ1v) is 7.16. The summed E-state index contributed by atoms with van der Waals surface area (Å²) in [5.41, 5.74) is 6.05. The zero-order valence-electron chi connectivity index (χ0n) is 11.4. The average molecular weight is 268 g/mol. The normalized spacial score (nSPS) is 15.0. The summed E-state index contributed by atoms with van der Waals surface area (Å²) in [6.45, 7) is 0. The van der Waals surface area contributed by atoms with E-state index in [0.717, 1.165) is 23.0 Å². The first-order valence-electron chi connectivity index (χ1n) is 7.16. The molecule has 0 spiro atoms. The third-order valence-electron chi connectivity index (χ3n) is 4.33. The van der Waals surface area contributed by atoms with Crippen LogP contribution in [0.5, 0.6) is 0 Å². The maximum absolute atomic E-state index is 4.78. The van der Waals surface area contributed by atoms with Crippen molar-refractivity contribution in [3.05, 3.63) is 82.1 Å². The number of aromatic nitrogens is 1. The Morgan fingerprint density at radius 2 is 1.76 bits per heavy atom. The van der Waals surface area contributed by atoms with Crippen LogP contribution >= 0.6 is 0 Å². The summed E-state index contributed by atoms with van der Waals surface area (Å²) in [7, 11) is 0. The monoisotopic (exact) mass is 268 g/mol. The molecule has 0 radical (unpaired) electrons. The zero-order valence-corrected chi connectivity index (χ0v) is 11.4. The third kappa shape index (κ3) is 1.47. The Morgan fingerprint density at radius 1 is 0.905 bits per heavy atom. The lowest BCUT2D eigenvalue weighted by Gasteiger charge is -2.16. The maximum Gasteiger partial charge on any atom is 0.0713 e. The SMILES string of the molecule is C1=C2N=c3ccccc3=C2Cc2cnc3ccccc3c21. The molecular formula is C19H12N2. The lowest BCUT2D eigenvalue weighted by Crippen LogP contribution is -2.22.